The van der Waals surface area contributed by atoms with E-state index in [9.17, 15) is 4.79 Å². The van der Waals surface area contributed by atoms with Gasteiger partial charge in [0.15, 0.2) is 0 Å². The number of aliphatic hydroxyl groups is 1. The van der Waals surface area contributed by atoms with Crippen LogP contribution in [0.5, 0.6) is 0 Å². The summed E-state index contributed by atoms with van der Waals surface area (Å²) in [5.74, 6) is -0.938. The summed E-state index contributed by atoms with van der Waals surface area (Å²) in [5, 5.41) is 20.8. The summed E-state index contributed by atoms with van der Waals surface area (Å²) in [7, 11) is 0. The zero-order valence-corrected chi connectivity index (χ0v) is 10.1. The van der Waals surface area contributed by atoms with E-state index in [-0.39, 0.29) is 57.0 Å². The van der Waals surface area contributed by atoms with E-state index in [1.54, 1.807) is 0 Å². The first-order chi connectivity index (χ1) is 4.20. The maximum absolute atomic E-state index is 10.1. The van der Waals surface area contributed by atoms with Gasteiger partial charge in [-0.15, -0.1) is 6.54 Å². The zero-order valence-electron chi connectivity index (χ0n) is 5.40. The molecule has 0 aromatic heterocycles. The number of carboxylic acid groups (broad SMARTS) is 1. The molecular weight excluding hydrogens is 349 g/mol. The second-order valence-electron chi connectivity index (χ2n) is 2.11. The SMILES string of the molecule is O=C(O)C1CC(O)C[N-]1.[Ac]. The number of aliphatic carboxylic acids is 1. The van der Waals surface area contributed by atoms with Crippen molar-refractivity contribution in [2.45, 2.75) is 18.6 Å². The minimum atomic E-state index is -0.938. The molecule has 2 unspecified atom stereocenters. The molecule has 0 aromatic carbocycles. The van der Waals surface area contributed by atoms with Crippen LogP contribution in [0.25, 0.3) is 5.32 Å². The first-order valence-corrected chi connectivity index (χ1v) is 2.77. The Kier molecular flexibility index (Phi) is 5.04. The Morgan fingerprint density at radius 1 is 1.60 bits per heavy atom. The molecule has 1 saturated heterocycles. The minimum Gasteiger partial charge on any atom is -0.648 e. The second-order valence-corrected chi connectivity index (χ2v) is 2.11. The van der Waals surface area contributed by atoms with Gasteiger partial charge in [-0.25, -0.2) is 0 Å². The molecule has 55 valence electrons. The fraction of sp³-hybridized carbons (Fsp3) is 0.800. The van der Waals surface area contributed by atoms with Crippen LogP contribution in [0, 0.1) is 44.1 Å². The van der Waals surface area contributed by atoms with Crippen molar-refractivity contribution in [2.24, 2.45) is 0 Å². The van der Waals surface area contributed by atoms with Crippen LogP contribution in [0.2, 0.25) is 0 Å². The molecule has 1 rings (SSSR count). The van der Waals surface area contributed by atoms with E-state index in [1.165, 1.54) is 0 Å². The van der Waals surface area contributed by atoms with Gasteiger partial charge >= 0.3 is 0 Å². The number of carbonyl (C=O) groups is 1. The van der Waals surface area contributed by atoms with Gasteiger partial charge in [-0.2, -0.15) is 0 Å². The molecule has 0 bridgehead atoms. The molecule has 0 spiro atoms. The van der Waals surface area contributed by atoms with Crippen molar-refractivity contribution in [1.29, 1.82) is 0 Å². The predicted molar refractivity (Wildman–Crippen MR) is 30.3 cm³/mol. The van der Waals surface area contributed by atoms with Crippen LogP contribution in [-0.2, 0) is 4.79 Å². The van der Waals surface area contributed by atoms with Crippen LogP contribution in [0.4, 0.5) is 0 Å². The molecule has 4 nitrogen and oxygen atoms in total. The average Bonchev–Trinajstić information content (AvgIpc) is 2.14. The third kappa shape index (κ3) is 2.83. The topological polar surface area (TPSA) is 71.6 Å². The van der Waals surface area contributed by atoms with Crippen molar-refractivity contribution in [3.8, 4) is 0 Å². The quantitative estimate of drug-likeness (QED) is 0.670. The Hall–Kier alpha value is 0.832. The molecule has 2 atom stereocenters. The number of aliphatic hydroxyl groups excluding tert-OH is 1. The maximum atomic E-state index is 10.1. The summed E-state index contributed by atoms with van der Waals surface area (Å²) in [6.45, 7) is 0.275. The molecule has 0 aliphatic carbocycles. The zero-order chi connectivity index (χ0) is 6.85. The van der Waals surface area contributed by atoms with Crippen LogP contribution < -0.4 is 0 Å². The van der Waals surface area contributed by atoms with E-state index >= 15 is 0 Å². The molecule has 1 heterocycles. The molecular formula is C5H8AcNO3-. The summed E-state index contributed by atoms with van der Waals surface area (Å²) < 4.78 is 0. The molecule has 10 heavy (non-hydrogen) atoms. The molecule has 0 amide bonds. The normalized spacial score (nSPS) is 31.3. The van der Waals surface area contributed by atoms with Gasteiger partial charge in [-0.3, -0.25) is 4.79 Å². The molecule has 0 saturated carbocycles. The van der Waals surface area contributed by atoms with Gasteiger partial charge in [-0.05, 0) is 12.5 Å². The smallest absolute Gasteiger partial charge is 0.285 e. The van der Waals surface area contributed by atoms with Crippen molar-refractivity contribution < 1.29 is 59.1 Å². The van der Waals surface area contributed by atoms with Gasteiger partial charge in [0.05, 0.1) is 0 Å². The number of hydrogen-bond acceptors (Lipinski definition) is 2. The third-order valence-electron chi connectivity index (χ3n) is 1.32. The van der Waals surface area contributed by atoms with E-state index in [0.717, 1.165) is 0 Å². The standard InChI is InChI=1S/C5H8NO3.Ac/c7-3-1-4(5(8)9)6-2-3;/h3-4,7H,1-2H2,(H,8,9);/q-1;. The van der Waals surface area contributed by atoms with Crippen molar-refractivity contribution in [3.63, 3.8) is 0 Å². The fourth-order valence-corrected chi connectivity index (χ4v) is 0.835. The van der Waals surface area contributed by atoms with E-state index < -0.39 is 18.1 Å². The number of hydrogen-bond donors (Lipinski definition) is 2. The summed E-state index contributed by atoms with van der Waals surface area (Å²) >= 11 is 0. The molecule has 2 N–H and O–H groups in total. The summed E-state index contributed by atoms with van der Waals surface area (Å²) in [6, 6.07) is -0.667. The van der Waals surface area contributed by atoms with E-state index in [2.05, 4.69) is 5.32 Å². The molecule has 1 aliphatic rings. The maximum Gasteiger partial charge on any atom is 0.285 e. The monoisotopic (exact) mass is 357 g/mol. The summed E-state index contributed by atoms with van der Waals surface area (Å²) in [4.78, 5) is 10.1. The molecule has 1 aliphatic heterocycles. The van der Waals surface area contributed by atoms with E-state index in [4.69, 9.17) is 10.2 Å². The fourth-order valence-electron chi connectivity index (χ4n) is 0.835. The van der Waals surface area contributed by atoms with Crippen molar-refractivity contribution >= 4 is 5.97 Å². The van der Waals surface area contributed by atoms with Crippen molar-refractivity contribution in [2.75, 3.05) is 6.54 Å². The Morgan fingerprint density at radius 2 is 2.20 bits per heavy atom. The average molecular weight is 357 g/mol. The molecule has 5 heteroatoms. The second kappa shape index (κ2) is 4.66. The summed E-state index contributed by atoms with van der Waals surface area (Å²) in [5.41, 5.74) is 0. The Morgan fingerprint density at radius 3 is 2.40 bits per heavy atom. The van der Waals surface area contributed by atoms with E-state index in [1.807, 2.05) is 0 Å². The minimum absolute atomic E-state index is 0. The first kappa shape index (κ1) is 10.8. The van der Waals surface area contributed by atoms with Gasteiger partial charge in [0.25, 0.3) is 5.97 Å². The number of nitrogens with zero attached hydrogens (tertiary/aromatic N) is 1. The van der Waals surface area contributed by atoms with Gasteiger partial charge in [-0.1, -0.05) is 0 Å². The molecule has 1 fully saturated rings. The van der Waals surface area contributed by atoms with Crippen LogP contribution in [0.15, 0.2) is 0 Å². The molecule has 1 radical (unpaired) electrons. The Labute approximate surface area is 94.5 Å². The summed E-state index contributed by atoms with van der Waals surface area (Å²) in [6.07, 6.45) is -0.263. The van der Waals surface area contributed by atoms with Crippen LogP contribution in [0.3, 0.4) is 0 Å². The van der Waals surface area contributed by atoms with Gasteiger partial charge in [0.2, 0.25) is 0 Å². The van der Waals surface area contributed by atoms with Crippen LogP contribution in [0.1, 0.15) is 6.42 Å². The van der Waals surface area contributed by atoms with Gasteiger partial charge < -0.3 is 15.5 Å². The van der Waals surface area contributed by atoms with Gasteiger partial charge in [0, 0.05) is 50.2 Å². The Bertz CT molecular complexity index is 130. The van der Waals surface area contributed by atoms with Gasteiger partial charge in [0.1, 0.15) is 0 Å². The number of rotatable bonds is 1. The van der Waals surface area contributed by atoms with E-state index in [0.29, 0.717) is 0 Å². The van der Waals surface area contributed by atoms with Crippen molar-refractivity contribution in [1.82, 2.24) is 0 Å². The third-order valence-corrected chi connectivity index (χ3v) is 1.32. The number of carboxylic acids is 1. The predicted octanol–water partition coefficient (Wildman–Crippen LogP) is -0.422. The Balaban J connectivity index is 0.000000810. The van der Waals surface area contributed by atoms with Crippen LogP contribution in [-0.4, -0.2) is 34.9 Å². The van der Waals surface area contributed by atoms with Crippen molar-refractivity contribution in [3.05, 3.63) is 5.32 Å². The molecule has 0 aromatic rings. The first-order valence-electron chi connectivity index (χ1n) is 2.77. The van der Waals surface area contributed by atoms with Crippen LogP contribution >= 0.6 is 0 Å². The largest absolute Gasteiger partial charge is 0.648 e.